The van der Waals surface area contributed by atoms with E-state index < -0.39 is 11.5 Å². The van der Waals surface area contributed by atoms with Gasteiger partial charge in [0, 0.05) is 15.7 Å². The summed E-state index contributed by atoms with van der Waals surface area (Å²) >= 11 is 12.3. The highest BCUT2D eigenvalue weighted by Crippen LogP contribution is 2.41. The van der Waals surface area contributed by atoms with Crippen LogP contribution in [0.3, 0.4) is 0 Å². The third-order valence-corrected chi connectivity index (χ3v) is 5.16. The van der Waals surface area contributed by atoms with E-state index in [0.29, 0.717) is 21.6 Å². The van der Waals surface area contributed by atoms with Crippen LogP contribution in [0.1, 0.15) is 25.6 Å². The minimum absolute atomic E-state index is 0.0994. The lowest BCUT2D eigenvalue weighted by Gasteiger charge is -2.31. The number of halogens is 2. The van der Waals surface area contributed by atoms with Gasteiger partial charge in [0.2, 0.25) is 0 Å². The van der Waals surface area contributed by atoms with E-state index in [2.05, 4.69) is 9.97 Å². The molecule has 2 heterocycles. The van der Waals surface area contributed by atoms with Crippen molar-refractivity contribution in [2.24, 2.45) is 0 Å². The number of carbonyl (C=O) groups excluding carboxylic acids is 1. The second kappa shape index (κ2) is 5.83. The first-order valence-electron chi connectivity index (χ1n) is 8.13. The molecule has 0 aliphatic carbocycles. The molecule has 0 amide bonds. The summed E-state index contributed by atoms with van der Waals surface area (Å²) < 4.78 is 0. The van der Waals surface area contributed by atoms with E-state index in [9.17, 15) is 4.79 Å². The number of carbonyl (C=O) groups is 1. The fraction of sp³-hybridized carbons (Fsp3) is 0.211. The highest BCUT2D eigenvalue weighted by atomic mass is 35.5. The zero-order valence-electron chi connectivity index (χ0n) is 14.2. The average molecular weight is 387 g/mol. The molecule has 1 aliphatic rings. The van der Waals surface area contributed by atoms with Gasteiger partial charge >= 0.3 is 0 Å². The van der Waals surface area contributed by atoms with Crippen molar-refractivity contribution in [3.05, 3.63) is 58.3 Å². The molecule has 3 aromatic rings. The molecule has 132 valence electrons. The molecule has 0 saturated carbocycles. The molecule has 2 N–H and O–H groups in total. The lowest BCUT2D eigenvalue weighted by molar-refractivity contribution is -0.121. The largest absolute Gasteiger partial charge is 0.341 e. The summed E-state index contributed by atoms with van der Waals surface area (Å²) in [5.74, 6) is -0.241. The predicted octanol–water partition coefficient (Wildman–Crippen LogP) is 4.80. The van der Waals surface area contributed by atoms with E-state index in [1.54, 1.807) is 36.9 Å². The number of ketones is 1. The molecule has 1 aromatic heterocycles. The van der Waals surface area contributed by atoms with Crippen LogP contribution in [0.2, 0.25) is 10.0 Å². The van der Waals surface area contributed by atoms with Crippen LogP contribution in [-0.2, 0) is 4.79 Å². The van der Waals surface area contributed by atoms with Crippen LogP contribution in [0.5, 0.6) is 0 Å². The quantitative estimate of drug-likeness (QED) is 0.664. The first-order chi connectivity index (χ1) is 12.3. The Labute approximate surface area is 160 Å². The number of nitrogens with zero attached hydrogens (tertiary/aromatic N) is 2. The summed E-state index contributed by atoms with van der Waals surface area (Å²) in [7, 11) is 0. The Hall–Kier alpha value is -2.37. The molecule has 0 radical (unpaired) electrons. The fourth-order valence-corrected chi connectivity index (χ4v) is 4.03. The lowest BCUT2D eigenvalue weighted by atomic mass is 9.93. The molecule has 0 bridgehead atoms. The number of hydrogen-bond acceptors (Lipinski definition) is 3. The number of benzene rings is 2. The van der Waals surface area contributed by atoms with E-state index in [4.69, 9.17) is 28.6 Å². The average Bonchev–Trinajstić information content (AvgIpc) is 3.03. The second-order valence-corrected chi connectivity index (χ2v) is 7.72. The Kier molecular flexibility index (Phi) is 3.82. The third kappa shape index (κ3) is 2.50. The molecule has 0 spiro atoms. The van der Waals surface area contributed by atoms with Crippen molar-refractivity contribution < 1.29 is 4.79 Å². The number of amidine groups is 1. The van der Waals surface area contributed by atoms with Gasteiger partial charge in [-0.3, -0.25) is 10.2 Å². The maximum Gasteiger partial charge on any atom is 0.176 e. The van der Waals surface area contributed by atoms with Crippen LogP contribution in [0.15, 0.2) is 42.5 Å². The summed E-state index contributed by atoms with van der Waals surface area (Å²) in [5.41, 5.74) is 1.30. The summed E-state index contributed by atoms with van der Waals surface area (Å²) in [6.07, 6.45) is 0. The van der Waals surface area contributed by atoms with E-state index >= 15 is 0 Å². The number of H-pyrrole nitrogens is 1. The molecule has 7 heteroatoms. The minimum Gasteiger partial charge on any atom is -0.341 e. The number of fused-ring (bicyclic) bond motifs is 1. The van der Waals surface area contributed by atoms with E-state index in [0.717, 1.165) is 11.0 Å². The van der Waals surface area contributed by atoms with Gasteiger partial charge < -0.3 is 9.88 Å². The number of hydrogen-bond donors (Lipinski definition) is 2. The molecule has 1 aliphatic heterocycles. The minimum atomic E-state index is -0.922. The first kappa shape index (κ1) is 17.1. The molecule has 1 saturated heterocycles. The Morgan fingerprint density at radius 1 is 1.15 bits per heavy atom. The lowest BCUT2D eigenvalue weighted by Crippen LogP contribution is -2.44. The Balaban J connectivity index is 1.83. The SMILES string of the molecule is CC1(C)C(=O)C(c2nc3ccccc3[nH]2)C(=N)N1c1cc(Cl)cc(Cl)c1. The van der Waals surface area contributed by atoms with E-state index in [1.807, 2.05) is 24.3 Å². The molecule has 26 heavy (non-hydrogen) atoms. The van der Waals surface area contributed by atoms with Crippen molar-refractivity contribution in [1.29, 1.82) is 5.41 Å². The van der Waals surface area contributed by atoms with Crippen LogP contribution in [-0.4, -0.2) is 27.1 Å². The van der Waals surface area contributed by atoms with Gasteiger partial charge in [-0.15, -0.1) is 0 Å². The van der Waals surface area contributed by atoms with Gasteiger partial charge in [-0.25, -0.2) is 4.98 Å². The van der Waals surface area contributed by atoms with Crippen molar-refractivity contribution in [1.82, 2.24) is 9.97 Å². The summed E-state index contributed by atoms with van der Waals surface area (Å²) in [5, 5.41) is 9.61. The topological polar surface area (TPSA) is 72.8 Å². The number of aromatic amines is 1. The Morgan fingerprint density at radius 2 is 1.81 bits per heavy atom. The summed E-state index contributed by atoms with van der Waals surface area (Å²) in [6, 6.07) is 12.6. The maximum atomic E-state index is 13.2. The molecular formula is C19H16Cl2N4O. The van der Waals surface area contributed by atoms with Gasteiger partial charge in [0.1, 0.15) is 23.1 Å². The monoisotopic (exact) mass is 386 g/mol. The fourth-order valence-electron chi connectivity index (χ4n) is 3.51. The number of aromatic nitrogens is 2. The smallest absolute Gasteiger partial charge is 0.176 e. The van der Waals surface area contributed by atoms with Crippen molar-refractivity contribution in [2.75, 3.05) is 4.90 Å². The standard InChI is InChI=1S/C19H16Cl2N4O/c1-19(2)16(26)15(18-23-13-5-3-4-6-14(13)24-18)17(22)25(19)12-8-10(20)7-11(21)9-12/h3-9,15,22H,1-2H3,(H,23,24). The van der Waals surface area contributed by atoms with Crippen molar-refractivity contribution >= 4 is 51.5 Å². The highest BCUT2D eigenvalue weighted by molar-refractivity contribution is 6.35. The third-order valence-electron chi connectivity index (χ3n) is 4.73. The van der Waals surface area contributed by atoms with E-state index in [1.165, 1.54) is 0 Å². The van der Waals surface area contributed by atoms with Gasteiger partial charge in [0.15, 0.2) is 5.78 Å². The number of nitrogens with one attached hydrogen (secondary N) is 2. The number of Topliss-reactive ketones (excluding diaryl/α,β-unsaturated/α-hetero) is 1. The van der Waals surface area contributed by atoms with Gasteiger partial charge in [-0.2, -0.15) is 0 Å². The van der Waals surface area contributed by atoms with E-state index in [-0.39, 0.29) is 11.6 Å². The zero-order chi connectivity index (χ0) is 18.6. The highest BCUT2D eigenvalue weighted by Gasteiger charge is 2.52. The first-order valence-corrected chi connectivity index (χ1v) is 8.88. The molecule has 5 nitrogen and oxygen atoms in total. The number of anilines is 1. The van der Waals surface area contributed by atoms with Crippen LogP contribution in [0.25, 0.3) is 11.0 Å². The van der Waals surface area contributed by atoms with Gasteiger partial charge in [0.05, 0.1) is 11.0 Å². The Bertz CT molecular complexity index is 1000. The molecule has 1 fully saturated rings. The van der Waals surface area contributed by atoms with Crippen molar-refractivity contribution in [3.63, 3.8) is 0 Å². The number of imidazole rings is 1. The number of para-hydroxylation sites is 2. The molecule has 1 unspecified atom stereocenters. The predicted molar refractivity (Wildman–Crippen MR) is 105 cm³/mol. The summed E-state index contributed by atoms with van der Waals surface area (Å²) in [6.45, 7) is 3.59. The molecule has 2 aromatic carbocycles. The van der Waals surface area contributed by atoms with Gasteiger partial charge in [-0.1, -0.05) is 35.3 Å². The normalized spacial score (nSPS) is 19.5. The van der Waals surface area contributed by atoms with Crippen molar-refractivity contribution in [2.45, 2.75) is 25.3 Å². The zero-order valence-corrected chi connectivity index (χ0v) is 15.7. The number of rotatable bonds is 2. The van der Waals surface area contributed by atoms with Crippen LogP contribution in [0, 0.1) is 5.41 Å². The van der Waals surface area contributed by atoms with Gasteiger partial charge in [0.25, 0.3) is 0 Å². The van der Waals surface area contributed by atoms with Crippen LogP contribution >= 0.6 is 23.2 Å². The molecular weight excluding hydrogens is 371 g/mol. The molecule has 1 atom stereocenters. The van der Waals surface area contributed by atoms with Crippen LogP contribution in [0.4, 0.5) is 5.69 Å². The summed E-state index contributed by atoms with van der Waals surface area (Å²) in [4.78, 5) is 22.5. The van der Waals surface area contributed by atoms with Crippen LogP contribution < -0.4 is 4.90 Å². The molecule has 4 rings (SSSR count). The van der Waals surface area contributed by atoms with Gasteiger partial charge in [-0.05, 0) is 44.2 Å². The maximum absolute atomic E-state index is 13.2. The second-order valence-electron chi connectivity index (χ2n) is 6.84. The Morgan fingerprint density at radius 3 is 2.46 bits per heavy atom. The van der Waals surface area contributed by atoms with Crippen molar-refractivity contribution in [3.8, 4) is 0 Å².